The van der Waals surface area contributed by atoms with E-state index in [9.17, 15) is 22.8 Å². The lowest BCUT2D eigenvalue weighted by Crippen LogP contribution is -2.31. The third-order valence-corrected chi connectivity index (χ3v) is 2.52. The molecule has 1 rings (SSSR count). The molecule has 5 nitrogen and oxygen atoms in total. The molecule has 104 valence electrons. The zero-order valence-corrected chi connectivity index (χ0v) is 10.1. The summed E-state index contributed by atoms with van der Waals surface area (Å²) in [7, 11) is 0. The molecule has 0 saturated heterocycles. The van der Waals surface area contributed by atoms with Crippen molar-refractivity contribution >= 4 is 17.7 Å². The summed E-state index contributed by atoms with van der Waals surface area (Å²) in [5, 5.41) is 10.5. The third kappa shape index (κ3) is 3.43. The van der Waals surface area contributed by atoms with Crippen LogP contribution in [0, 0.1) is 0 Å². The van der Waals surface area contributed by atoms with Gasteiger partial charge in [-0.25, -0.2) is 4.98 Å². The second-order valence-electron chi connectivity index (χ2n) is 4.31. The molecule has 1 aromatic heterocycles. The Balaban J connectivity index is 2.89. The number of nitrogens with one attached hydrogen (secondary N) is 1. The summed E-state index contributed by atoms with van der Waals surface area (Å²) in [6.07, 6.45) is -3.89. The molecule has 0 bridgehead atoms. The van der Waals surface area contributed by atoms with Gasteiger partial charge >= 0.3 is 18.1 Å². The number of nitrogens with zero attached hydrogens (tertiary/aromatic N) is 1. The molecule has 0 atom stereocenters. The summed E-state index contributed by atoms with van der Waals surface area (Å²) < 4.78 is 36.0. The SMILES string of the molecule is CC(C)(C(=O)O)c1ccc(NC(=O)C(F)(F)F)nc1. The standard InChI is InChI=1S/C11H11F3N2O3/c1-10(2,9(18)19)6-3-4-7(15-5-6)16-8(17)11(12,13)14/h3-5H,1-2H3,(H,18,19)(H,15,16,17). The van der Waals surface area contributed by atoms with Crippen molar-refractivity contribution in [1.29, 1.82) is 0 Å². The van der Waals surface area contributed by atoms with Crippen LogP contribution in [0.1, 0.15) is 19.4 Å². The lowest BCUT2D eigenvalue weighted by atomic mass is 9.86. The minimum absolute atomic E-state index is 0.299. The smallest absolute Gasteiger partial charge is 0.471 e. The molecule has 1 aromatic rings. The molecular formula is C11H11F3N2O3. The number of carbonyl (C=O) groups excluding carboxylic acids is 1. The molecule has 0 aliphatic rings. The van der Waals surface area contributed by atoms with E-state index < -0.39 is 23.5 Å². The Bertz CT molecular complexity index is 495. The van der Waals surface area contributed by atoms with E-state index >= 15 is 0 Å². The van der Waals surface area contributed by atoms with Crippen molar-refractivity contribution in [3.8, 4) is 0 Å². The number of aromatic nitrogens is 1. The van der Waals surface area contributed by atoms with Gasteiger partial charge in [-0.15, -0.1) is 0 Å². The largest absolute Gasteiger partial charge is 0.481 e. The van der Waals surface area contributed by atoms with Crippen LogP contribution in [-0.4, -0.2) is 28.1 Å². The predicted octanol–water partition coefficient (Wildman–Crippen LogP) is 1.94. The fraction of sp³-hybridized carbons (Fsp3) is 0.364. The summed E-state index contributed by atoms with van der Waals surface area (Å²) in [4.78, 5) is 25.2. The second kappa shape index (κ2) is 4.87. The molecule has 0 aromatic carbocycles. The molecule has 8 heteroatoms. The van der Waals surface area contributed by atoms with Gasteiger partial charge in [0.2, 0.25) is 0 Å². The number of pyridine rings is 1. The van der Waals surface area contributed by atoms with Crippen LogP contribution in [0.4, 0.5) is 19.0 Å². The highest BCUT2D eigenvalue weighted by Gasteiger charge is 2.39. The van der Waals surface area contributed by atoms with E-state index in [1.54, 1.807) is 5.32 Å². The predicted molar refractivity (Wildman–Crippen MR) is 59.6 cm³/mol. The van der Waals surface area contributed by atoms with Gasteiger partial charge in [0, 0.05) is 6.20 Å². The Labute approximate surface area is 106 Å². The Morgan fingerprint density at radius 2 is 1.84 bits per heavy atom. The lowest BCUT2D eigenvalue weighted by Gasteiger charge is -2.19. The van der Waals surface area contributed by atoms with Crippen LogP contribution in [0.25, 0.3) is 0 Å². The van der Waals surface area contributed by atoms with Gasteiger partial charge in [-0.3, -0.25) is 9.59 Å². The average molecular weight is 276 g/mol. The van der Waals surface area contributed by atoms with Crippen molar-refractivity contribution in [2.45, 2.75) is 25.4 Å². The lowest BCUT2D eigenvalue weighted by molar-refractivity contribution is -0.167. The minimum atomic E-state index is -5.00. The molecule has 1 heterocycles. The number of hydrogen-bond acceptors (Lipinski definition) is 3. The molecule has 2 N–H and O–H groups in total. The molecule has 0 aliphatic heterocycles. The van der Waals surface area contributed by atoms with Gasteiger partial charge in [0.15, 0.2) is 0 Å². The van der Waals surface area contributed by atoms with Crippen molar-refractivity contribution < 1.29 is 27.9 Å². The number of carboxylic acid groups (broad SMARTS) is 1. The van der Waals surface area contributed by atoms with Crippen molar-refractivity contribution in [3.63, 3.8) is 0 Å². The molecular weight excluding hydrogens is 265 g/mol. The Hall–Kier alpha value is -2.12. The number of alkyl halides is 3. The molecule has 0 fully saturated rings. The molecule has 0 saturated carbocycles. The first-order chi connectivity index (χ1) is 8.55. The number of aliphatic carboxylic acids is 1. The van der Waals surface area contributed by atoms with E-state index in [4.69, 9.17) is 5.11 Å². The monoisotopic (exact) mass is 276 g/mol. The van der Waals surface area contributed by atoms with Crippen LogP contribution in [0.2, 0.25) is 0 Å². The minimum Gasteiger partial charge on any atom is -0.481 e. The average Bonchev–Trinajstić information content (AvgIpc) is 2.28. The Morgan fingerprint density at radius 3 is 2.21 bits per heavy atom. The first-order valence-corrected chi connectivity index (χ1v) is 5.13. The molecule has 19 heavy (non-hydrogen) atoms. The van der Waals surface area contributed by atoms with Gasteiger partial charge < -0.3 is 10.4 Å². The van der Waals surface area contributed by atoms with Gasteiger partial charge in [-0.05, 0) is 25.5 Å². The number of amides is 1. The highest BCUT2D eigenvalue weighted by molar-refractivity contribution is 5.94. The van der Waals surface area contributed by atoms with Gasteiger partial charge in [0.1, 0.15) is 5.82 Å². The number of carbonyl (C=O) groups is 2. The van der Waals surface area contributed by atoms with Crippen LogP contribution in [0.15, 0.2) is 18.3 Å². The number of halogens is 3. The van der Waals surface area contributed by atoms with Crippen LogP contribution >= 0.6 is 0 Å². The van der Waals surface area contributed by atoms with E-state index in [2.05, 4.69) is 4.98 Å². The summed E-state index contributed by atoms with van der Waals surface area (Å²) in [6.45, 7) is 2.86. The van der Waals surface area contributed by atoms with Crippen molar-refractivity contribution in [2.75, 3.05) is 5.32 Å². The highest BCUT2D eigenvalue weighted by atomic mass is 19.4. The van der Waals surface area contributed by atoms with Gasteiger partial charge in [-0.2, -0.15) is 13.2 Å². The fourth-order valence-electron chi connectivity index (χ4n) is 1.15. The fourth-order valence-corrected chi connectivity index (χ4v) is 1.15. The first-order valence-electron chi connectivity index (χ1n) is 5.13. The van der Waals surface area contributed by atoms with E-state index in [0.717, 1.165) is 12.3 Å². The van der Waals surface area contributed by atoms with Crippen LogP contribution in [0.3, 0.4) is 0 Å². The van der Waals surface area contributed by atoms with Crippen molar-refractivity contribution in [3.05, 3.63) is 23.9 Å². The van der Waals surface area contributed by atoms with Crippen molar-refractivity contribution in [2.24, 2.45) is 0 Å². The summed E-state index contributed by atoms with van der Waals surface area (Å²) in [5.74, 6) is -3.53. The topological polar surface area (TPSA) is 79.3 Å². The maximum atomic E-state index is 12.0. The summed E-state index contributed by atoms with van der Waals surface area (Å²) in [5.41, 5.74) is -0.912. The normalized spacial score (nSPS) is 12.1. The zero-order chi connectivity index (χ0) is 14.8. The van der Waals surface area contributed by atoms with E-state index in [1.807, 2.05) is 0 Å². The van der Waals surface area contributed by atoms with E-state index in [-0.39, 0.29) is 5.82 Å². The highest BCUT2D eigenvalue weighted by Crippen LogP contribution is 2.24. The number of hydrogen-bond donors (Lipinski definition) is 2. The second-order valence-corrected chi connectivity index (χ2v) is 4.31. The summed E-state index contributed by atoms with van der Waals surface area (Å²) >= 11 is 0. The van der Waals surface area contributed by atoms with Crippen LogP contribution in [0.5, 0.6) is 0 Å². The quantitative estimate of drug-likeness (QED) is 0.884. The van der Waals surface area contributed by atoms with Gasteiger partial charge in [-0.1, -0.05) is 6.07 Å². The maximum absolute atomic E-state index is 12.0. The van der Waals surface area contributed by atoms with Crippen LogP contribution in [-0.2, 0) is 15.0 Å². The van der Waals surface area contributed by atoms with Crippen LogP contribution < -0.4 is 5.32 Å². The summed E-state index contributed by atoms with van der Waals surface area (Å²) in [6, 6.07) is 2.41. The zero-order valence-electron chi connectivity index (χ0n) is 10.1. The van der Waals surface area contributed by atoms with E-state index in [1.165, 1.54) is 19.9 Å². The van der Waals surface area contributed by atoms with Gasteiger partial charge in [0.25, 0.3) is 0 Å². The third-order valence-electron chi connectivity index (χ3n) is 2.52. The molecule has 0 radical (unpaired) electrons. The van der Waals surface area contributed by atoms with Crippen molar-refractivity contribution in [1.82, 2.24) is 4.98 Å². The Kier molecular flexibility index (Phi) is 3.83. The van der Waals surface area contributed by atoms with E-state index in [0.29, 0.717) is 5.56 Å². The number of anilines is 1. The molecule has 0 aliphatic carbocycles. The maximum Gasteiger partial charge on any atom is 0.471 e. The molecule has 0 unspecified atom stereocenters. The van der Waals surface area contributed by atoms with Gasteiger partial charge in [0.05, 0.1) is 5.41 Å². The Morgan fingerprint density at radius 1 is 1.26 bits per heavy atom. The molecule has 1 amide bonds. The number of rotatable bonds is 3. The number of carboxylic acids is 1. The first kappa shape index (κ1) is 14.9. The molecule has 0 spiro atoms.